The summed E-state index contributed by atoms with van der Waals surface area (Å²) in [6, 6.07) is 10.9. The van der Waals surface area contributed by atoms with E-state index < -0.39 is 23.7 Å². The molecule has 4 rings (SSSR count). The molecule has 0 radical (unpaired) electrons. The minimum Gasteiger partial charge on any atom is -0.491 e. The number of nitrogens with one attached hydrogen (secondary N) is 2. The number of carbonyl (C=O) groups excluding carboxylic acids is 3. The molecule has 0 aromatic heterocycles. The maximum absolute atomic E-state index is 13.2. The fourth-order valence-electron chi connectivity index (χ4n) is 4.13. The molecule has 8 nitrogen and oxygen atoms in total. The minimum atomic E-state index is -4.62. The highest BCUT2D eigenvalue weighted by atomic mass is 19.4. The SMILES string of the molecule is O=C1NCCNCC(=O)N2CCN(C(=O)c3ccccc3)C[C@H]2COc2ccc(C(F)(F)F)cc21. The van der Waals surface area contributed by atoms with Gasteiger partial charge < -0.3 is 25.2 Å². The van der Waals surface area contributed by atoms with Crippen molar-refractivity contribution in [2.45, 2.75) is 12.2 Å². The summed E-state index contributed by atoms with van der Waals surface area (Å²) in [5, 5.41) is 5.49. The van der Waals surface area contributed by atoms with Crippen molar-refractivity contribution in [3.05, 3.63) is 65.2 Å². The Morgan fingerprint density at radius 1 is 1.03 bits per heavy atom. The monoisotopic (exact) mass is 490 g/mol. The first-order valence-corrected chi connectivity index (χ1v) is 11.2. The molecule has 0 unspecified atom stereocenters. The molecule has 2 N–H and O–H groups in total. The number of alkyl halides is 3. The number of rotatable bonds is 1. The molecule has 0 aliphatic carbocycles. The van der Waals surface area contributed by atoms with Gasteiger partial charge in [0, 0.05) is 38.3 Å². The third-order valence-corrected chi connectivity index (χ3v) is 5.96. The van der Waals surface area contributed by atoms with Crippen molar-refractivity contribution >= 4 is 17.7 Å². The van der Waals surface area contributed by atoms with E-state index in [9.17, 15) is 27.6 Å². The van der Waals surface area contributed by atoms with Gasteiger partial charge in [-0.15, -0.1) is 0 Å². The topological polar surface area (TPSA) is 91.0 Å². The van der Waals surface area contributed by atoms with Gasteiger partial charge in [0.1, 0.15) is 12.4 Å². The average molecular weight is 490 g/mol. The van der Waals surface area contributed by atoms with E-state index in [1.165, 1.54) is 0 Å². The van der Waals surface area contributed by atoms with Crippen LogP contribution in [0.4, 0.5) is 13.2 Å². The quantitative estimate of drug-likeness (QED) is 0.636. The Morgan fingerprint density at radius 2 is 1.80 bits per heavy atom. The van der Waals surface area contributed by atoms with Crippen LogP contribution in [0.1, 0.15) is 26.3 Å². The summed E-state index contributed by atoms with van der Waals surface area (Å²) in [4.78, 5) is 41.7. The van der Waals surface area contributed by atoms with Crippen LogP contribution in [0.3, 0.4) is 0 Å². The van der Waals surface area contributed by atoms with Crippen molar-refractivity contribution in [3.63, 3.8) is 0 Å². The van der Waals surface area contributed by atoms with Crippen LogP contribution < -0.4 is 15.4 Å². The Kier molecular flexibility index (Phi) is 7.25. The van der Waals surface area contributed by atoms with Gasteiger partial charge in [-0.3, -0.25) is 14.4 Å². The van der Waals surface area contributed by atoms with E-state index in [-0.39, 0.29) is 62.5 Å². The van der Waals surface area contributed by atoms with Crippen LogP contribution in [0, 0.1) is 0 Å². The van der Waals surface area contributed by atoms with Crippen LogP contribution in [0.2, 0.25) is 0 Å². The van der Waals surface area contributed by atoms with Gasteiger partial charge in [-0.2, -0.15) is 13.2 Å². The van der Waals surface area contributed by atoms with E-state index in [0.717, 1.165) is 18.2 Å². The molecule has 0 bridgehead atoms. The molecule has 2 aliphatic heterocycles. The number of piperazine rings is 1. The molecule has 11 heteroatoms. The normalized spacial score (nSPS) is 19.8. The molecule has 186 valence electrons. The van der Waals surface area contributed by atoms with Gasteiger partial charge in [0.25, 0.3) is 11.8 Å². The molecule has 1 saturated heterocycles. The second-order valence-corrected chi connectivity index (χ2v) is 8.31. The highest BCUT2D eigenvalue weighted by molar-refractivity contribution is 5.97. The second kappa shape index (κ2) is 10.3. The molecular formula is C24H25F3N4O4. The van der Waals surface area contributed by atoms with Crippen LogP contribution >= 0.6 is 0 Å². The summed E-state index contributed by atoms with van der Waals surface area (Å²) < 4.78 is 45.5. The molecule has 2 aromatic carbocycles. The van der Waals surface area contributed by atoms with E-state index in [0.29, 0.717) is 12.1 Å². The first-order valence-electron chi connectivity index (χ1n) is 11.2. The van der Waals surface area contributed by atoms with Gasteiger partial charge >= 0.3 is 6.18 Å². The zero-order valence-electron chi connectivity index (χ0n) is 18.8. The van der Waals surface area contributed by atoms with Gasteiger partial charge in [-0.25, -0.2) is 0 Å². The van der Waals surface area contributed by atoms with E-state index in [2.05, 4.69) is 10.6 Å². The molecular weight excluding hydrogens is 465 g/mol. The highest BCUT2D eigenvalue weighted by Crippen LogP contribution is 2.33. The largest absolute Gasteiger partial charge is 0.491 e. The molecule has 1 atom stereocenters. The fourth-order valence-corrected chi connectivity index (χ4v) is 4.13. The number of hydrogen-bond donors (Lipinski definition) is 2. The Hall–Kier alpha value is -3.60. The molecule has 1 fully saturated rings. The molecule has 2 aromatic rings. The maximum Gasteiger partial charge on any atom is 0.416 e. The number of hydrogen-bond acceptors (Lipinski definition) is 5. The lowest BCUT2D eigenvalue weighted by molar-refractivity contribution is -0.138. The summed E-state index contributed by atoms with van der Waals surface area (Å²) in [5.74, 6) is -1.11. The Balaban J connectivity index is 1.60. The number of benzene rings is 2. The summed E-state index contributed by atoms with van der Waals surface area (Å²) in [5.41, 5.74) is -0.697. The Labute approximate surface area is 200 Å². The first kappa shape index (κ1) is 24.5. The van der Waals surface area contributed by atoms with Gasteiger partial charge in [0.05, 0.1) is 23.7 Å². The zero-order valence-corrected chi connectivity index (χ0v) is 18.8. The van der Waals surface area contributed by atoms with Crippen LogP contribution in [-0.2, 0) is 11.0 Å². The van der Waals surface area contributed by atoms with Crippen molar-refractivity contribution in [3.8, 4) is 5.75 Å². The van der Waals surface area contributed by atoms with Gasteiger partial charge in [-0.1, -0.05) is 18.2 Å². The molecule has 0 saturated carbocycles. The molecule has 2 aliphatic rings. The van der Waals surface area contributed by atoms with Crippen LogP contribution in [0.5, 0.6) is 5.75 Å². The Bertz CT molecular complexity index is 1090. The summed E-state index contributed by atoms with van der Waals surface area (Å²) in [6.45, 7) is 1.09. The molecule has 3 amide bonds. The Morgan fingerprint density at radius 3 is 2.54 bits per heavy atom. The van der Waals surface area contributed by atoms with Crippen LogP contribution in [-0.4, -0.2) is 79.4 Å². The molecule has 0 spiro atoms. The fraction of sp³-hybridized carbons (Fsp3) is 0.375. The van der Waals surface area contributed by atoms with Crippen molar-refractivity contribution < 1.29 is 32.3 Å². The lowest BCUT2D eigenvalue weighted by atomic mass is 10.1. The number of fused-ring (bicyclic) bond motifs is 2. The highest BCUT2D eigenvalue weighted by Gasteiger charge is 2.35. The van der Waals surface area contributed by atoms with Crippen LogP contribution in [0.15, 0.2) is 48.5 Å². The van der Waals surface area contributed by atoms with E-state index in [4.69, 9.17) is 4.74 Å². The lowest BCUT2D eigenvalue weighted by Crippen LogP contribution is -2.59. The number of halogens is 3. The van der Waals surface area contributed by atoms with E-state index in [1.807, 2.05) is 0 Å². The van der Waals surface area contributed by atoms with E-state index in [1.54, 1.807) is 40.1 Å². The average Bonchev–Trinajstić information content (AvgIpc) is 2.86. The number of nitrogens with zero attached hydrogens (tertiary/aromatic N) is 2. The summed E-state index contributed by atoms with van der Waals surface area (Å²) in [7, 11) is 0. The van der Waals surface area contributed by atoms with Crippen molar-refractivity contribution in [2.75, 3.05) is 45.9 Å². The lowest BCUT2D eigenvalue weighted by Gasteiger charge is -2.41. The summed E-state index contributed by atoms with van der Waals surface area (Å²) >= 11 is 0. The molecule has 35 heavy (non-hydrogen) atoms. The maximum atomic E-state index is 13.2. The number of amides is 3. The number of carbonyl (C=O) groups is 3. The van der Waals surface area contributed by atoms with Crippen molar-refractivity contribution in [2.24, 2.45) is 0 Å². The smallest absolute Gasteiger partial charge is 0.416 e. The predicted molar refractivity (Wildman–Crippen MR) is 120 cm³/mol. The zero-order chi connectivity index (χ0) is 25.0. The van der Waals surface area contributed by atoms with Gasteiger partial charge in [0.2, 0.25) is 5.91 Å². The minimum absolute atomic E-state index is 0.0180. The first-order chi connectivity index (χ1) is 16.7. The standard InChI is InChI=1S/C24H25F3N4O4/c25-24(26,27)17-6-7-20-19(12-17)22(33)29-9-8-28-13-21(32)31-11-10-30(14-18(31)15-35-20)23(34)16-4-2-1-3-5-16/h1-7,12,18,28H,8-11,13-15H2,(H,29,33)/t18-/m0/s1. The third-order valence-electron chi connectivity index (χ3n) is 5.96. The second-order valence-electron chi connectivity index (χ2n) is 8.31. The predicted octanol–water partition coefficient (Wildman–Crippen LogP) is 1.77. The van der Waals surface area contributed by atoms with Crippen LogP contribution in [0.25, 0.3) is 0 Å². The van der Waals surface area contributed by atoms with Gasteiger partial charge in [0.15, 0.2) is 0 Å². The number of ether oxygens (including phenoxy) is 1. The third kappa shape index (κ3) is 5.73. The van der Waals surface area contributed by atoms with Crippen molar-refractivity contribution in [1.82, 2.24) is 20.4 Å². The van der Waals surface area contributed by atoms with Gasteiger partial charge in [-0.05, 0) is 30.3 Å². The van der Waals surface area contributed by atoms with E-state index >= 15 is 0 Å². The van der Waals surface area contributed by atoms with Crippen molar-refractivity contribution in [1.29, 1.82) is 0 Å². The molecule has 2 heterocycles. The summed E-state index contributed by atoms with van der Waals surface area (Å²) in [6.07, 6.45) is -4.62.